The first-order valence-corrected chi connectivity index (χ1v) is 7.31. The maximum atomic E-state index is 12.1. The molecule has 0 saturated carbocycles. The Morgan fingerprint density at radius 1 is 1.20 bits per heavy atom. The largest absolute Gasteiger partial charge is 0.481 e. The third kappa shape index (κ3) is 3.97. The van der Waals surface area contributed by atoms with E-state index in [9.17, 15) is 14.9 Å². The van der Waals surface area contributed by atoms with Gasteiger partial charge in [-0.25, -0.2) is 0 Å². The summed E-state index contributed by atoms with van der Waals surface area (Å²) in [5.41, 5.74) is 1.21. The zero-order valence-electron chi connectivity index (χ0n) is 14.3. The third-order valence-corrected chi connectivity index (χ3v) is 3.46. The van der Waals surface area contributed by atoms with Crippen LogP contribution in [0.25, 0.3) is 11.6 Å². The number of ketones is 1. The Balaban J connectivity index is 2.61. The van der Waals surface area contributed by atoms with Gasteiger partial charge in [0.05, 0.1) is 30.3 Å². The van der Waals surface area contributed by atoms with E-state index in [1.54, 1.807) is 19.1 Å². The lowest BCUT2D eigenvalue weighted by Crippen LogP contribution is -2.07. The van der Waals surface area contributed by atoms with Crippen molar-refractivity contribution in [2.75, 3.05) is 14.2 Å². The molecule has 8 nitrogen and oxygen atoms in total. The number of hydrogen-bond donors (Lipinski definition) is 0. The molecule has 0 aliphatic rings. The molecule has 1 aromatic carbocycles. The summed E-state index contributed by atoms with van der Waals surface area (Å²) in [7, 11) is 2.91. The van der Waals surface area contributed by atoms with E-state index in [-0.39, 0.29) is 34.6 Å². The summed E-state index contributed by atoms with van der Waals surface area (Å²) in [5, 5.41) is 10.9. The molecule has 0 spiro atoms. The highest BCUT2D eigenvalue weighted by molar-refractivity contribution is 6.23. The van der Waals surface area contributed by atoms with Crippen LogP contribution in [0.2, 0.25) is 0 Å². The number of methoxy groups -OCH3 is 2. The quantitative estimate of drug-likeness (QED) is 0.451. The lowest BCUT2D eigenvalue weighted by atomic mass is 10.1. The van der Waals surface area contributed by atoms with E-state index in [1.807, 2.05) is 0 Å². The molecule has 130 valence electrons. The molecular weight excluding hydrogens is 326 g/mol. The van der Waals surface area contributed by atoms with Crippen LogP contribution in [-0.4, -0.2) is 34.9 Å². The van der Waals surface area contributed by atoms with E-state index in [0.29, 0.717) is 11.1 Å². The Morgan fingerprint density at radius 2 is 1.80 bits per heavy atom. The molecule has 8 heteroatoms. The van der Waals surface area contributed by atoms with Gasteiger partial charge in [-0.1, -0.05) is 12.1 Å². The average Bonchev–Trinajstić information content (AvgIpc) is 2.60. The number of carbonyl (C=O) groups is 1. The number of rotatable bonds is 6. The molecule has 2 rings (SSSR count). The molecule has 0 fully saturated rings. The Morgan fingerprint density at radius 3 is 2.28 bits per heavy atom. The number of hydrogen-bond acceptors (Lipinski definition) is 7. The predicted molar refractivity (Wildman–Crippen MR) is 91.5 cm³/mol. The van der Waals surface area contributed by atoms with Gasteiger partial charge in [-0.05, 0) is 25.5 Å². The van der Waals surface area contributed by atoms with E-state index in [2.05, 4.69) is 9.97 Å². The summed E-state index contributed by atoms with van der Waals surface area (Å²) in [5.74, 6) is 0.402. The molecule has 0 unspecified atom stereocenters. The van der Waals surface area contributed by atoms with Gasteiger partial charge >= 0.3 is 0 Å². The van der Waals surface area contributed by atoms with Gasteiger partial charge in [0.1, 0.15) is 0 Å². The summed E-state index contributed by atoms with van der Waals surface area (Å²) < 4.78 is 10.4. The molecule has 1 aromatic heterocycles. The normalized spacial score (nSPS) is 11.1. The maximum absolute atomic E-state index is 12.1. The van der Waals surface area contributed by atoms with Crippen LogP contribution in [0.1, 0.15) is 23.9 Å². The summed E-state index contributed by atoms with van der Waals surface area (Å²) in [6.07, 6.45) is 1.50. The number of non-ortho nitro benzene ring substituents is 1. The van der Waals surface area contributed by atoms with Crippen LogP contribution in [0, 0.1) is 17.0 Å². The molecule has 0 amide bonds. The Labute approximate surface area is 144 Å². The topological polar surface area (TPSA) is 104 Å². The van der Waals surface area contributed by atoms with Gasteiger partial charge in [0.25, 0.3) is 5.69 Å². The first-order chi connectivity index (χ1) is 11.9. The number of nitro benzene ring substituents is 1. The lowest BCUT2D eigenvalue weighted by molar-refractivity contribution is -0.384. The summed E-state index contributed by atoms with van der Waals surface area (Å²) in [6, 6.07) is 5.93. The predicted octanol–water partition coefficient (Wildman–Crippen LogP) is 2.84. The third-order valence-electron chi connectivity index (χ3n) is 3.46. The number of carbonyl (C=O) groups excluding carboxylic acids is 1. The van der Waals surface area contributed by atoms with Crippen molar-refractivity contribution >= 4 is 23.1 Å². The van der Waals surface area contributed by atoms with E-state index in [1.165, 1.54) is 39.4 Å². The molecule has 0 radical (unpaired) electrons. The van der Waals surface area contributed by atoms with Crippen molar-refractivity contribution in [1.29, 1.82) is 0 Å². The minimum atomic E-state index is -0.501. The van der Waals surface area contributed by atoms with Crippen LogP contribution < -0.4 is 9.47 Å². The monoisotopic (exact) mass is 343 g/mol. The minimum Gasteiger partial charge on any atom is -0.481 e. The summed E-state index contributed by atoms with van der Waals surface area (Å²) in [4.78, 5) is 31.0. The van der Waals surface area contributed by atoms with Gasteiger partial charge in [0.2, 0.25) is 11.8 Å². The molecule has 1 heterocycles. The Kier molecular flexibility index (Phi) is 5.43. The first-order valence-electron chi connectivity index (χ1n) is 7.31. The summed E-state index contributed by atoms with van der Waals surface area (Å²) in [6.45, 7) is 3.10. The second-order valence-electron chi connectivity index (χ2n) is 5.16. The Bertz CT molecular complexity index is 836. The highest BCUT2D eigenvalue weighted by Gasteiger charge is 2.18. The number of allylic oxidation sites excluding steroid dienone is 1. The van der Waals surface area contributed by atoms with Crippen LogP contribution >= 0.6 is 0 Å². The van der Waals surface area contributed by atoms with E-state index >= 15 is 0 Å². The average molecular weight is 343 g/mol. The smallest absolute Gasteiger partial charge is 0.270 e. The second kappa shape index (κ2) is 7.52. The fraction of sp³-hybridized carbons (Fsp3) is 0.235. The van der Waals surface area contributed by atoms with Crippen molar-refractivity contribution in [2.24, 2.45) is 0 Å². The van der Waals surface area contributed by atoms with E-state index in [4.69, 9.17) is 9.47 Å². The van der Waals surface area contributed by atoms with Crippen molar-refractivity contribution in [1.82, 2.24) is 9.97 Å². The Hall–Kier alpha value is -3.29. The van der Waals surface area contributed by atoms with Crippen molar-refractivity contribution < 1.29 is 19.2 Å². The van der Waals surface area contributed by atoms with Gasteiger partial charge in [-0.15, -0.1) is 0 Å². The van der Waals surface area contributed by atoms with Gasteiger partial charge < -0.3 is 9.47 Å². The fourth-order valence-corrected chi connectivity index (χ4v) is 2.21. The number of aromatic nitrogens is 2. The minimum absolute atomic E-state index is 0.0726. The van der Waals surface area contributed by atoms with Crippen molar-refractivity contribution in [2.45, 2.75) is 13.8 Å². The van der Waals surface area contributed by atoms with Gasteiger partial charge in [0, 0.05) is 12.1 Å². The maximum Gasteiger partial charge on any atom is 0.270 e. The number of ether oxygens (including phenoxy) is 2. The van der Waals surface area contributed by atoms with Crippen LogP contribution in [0.5, 0.6) is 11.8 Å². The molecule has 0 N–H and O–H groups in total. The van der Waals surface area contributed by atoms with Crippen molar-refractivity contribution in [3.05, 3.63) is 51.3 Å². The molecule has 0 saturated heterocycles. The first kappa shape index (κ1) is 18.1. The van der Waals surface area contributed by atoms with Crippen LogP contribution in [0.15, 0.2) is 24.3 Å². The molecule has 2 aromatic rings. The fourth-order valence-electron chi connectivity index (χ4n) is 2.21. The zero-order chi connectivity index (χ0) is 18.6. The van der Waals surface area contributed by atoms with Crippen LogP contribution in [0.3, 0.4) is 0 Å². The molecule has 25 heavy (non-hydrogen) atoms. The number of Topliss-reactive ketones (excluding diaryl/α,β-unsaturated/α-hetero) is 1. The van der Waals surface area contributed by atoms with Crippen LogP contribution in [-0.2, 0) is 4.79 Å². The van der Waals surface area contributed by atoms with E-state index < -0.39 is 4.92 Å². The second-order valence-corrected chi connectivity index (χ2v) is 5.16. The molecule has 0 bridgehead atoms. The number of nitrogens with zero attached hydrogens (tertiary/aromatic N) is 3. The van der Waals surface area contributed by atoms with Gasteiger partial charge in [-0.3, -0.25) is 14.9 Å². The molecule has 0 aliphatic carbocycles. The van der Waals surface area contributed by atoms with Gasteiger partial charge in [0.15, 0.2) is 11.6 Å². The SMILES string of the molecule is COc1nc(C(=Cc2cccc([N+](=O)[O-])c2)C(C)=O)nc(OC)c1C. The number of benzene rings is 1. The highest BCUT2D eigenvalue weighted by atomic mass is 16.6. The molecule has 0 aliphatic heterocycles. The van der Waals surface area contributed by atoms with Crippen LogP contribution in [0.4, 0.5) is 5.69 Å². The number of nitro groups is 1. The van der Waals surface area contributed by atoms with Crippen molar-refractivity contribution in [3.63, 3.8) is 0 Å². The standard InChI is InChI=1S/C17H17N3O5/c1-10-16(24-3)18-15(19-17(10)25-4)14(11(2)21)9-12-6-5-7-13(8-12)20(22)23/h5-9H,1-4H3. The summed E-state index contributed by atoms with van der Waals surface area (Å²) >= 11 is 0. The molecular formula is C17H17N3O5. The van der Waals surface area contributed by atoms with Crippen molar-refractivity contribution in [3.8, 4) is 11.8 Å². The zero-order valence-corrected chi connectivity index (χ0v) is 14.3. The van der Waals surface area contributed by atoms with Gasteiger partial charge in [-0.2, -0.15) is 9.97 Å². The highest BCUT2D eigenvalue weighted by Crippen LogP contribution is 2.27. The lowest BCUT2D eigenvalue weighted by Gasteiger charge is -2.11. The van der Waals surface area contributed by atoms with E-state index in [0.717, 1.165) is 0 Å². The molecule has 0 atom stereocenters.